The molecule has 8 heteroatoms. The Morgan fingerprint density at radius 1 is 1.21 bits per heavy atom. The molecule has 0 aliphatic carbocycles. The van der Waals surface area contributed by atoms with Crippen LogP contribution in [0.2, 0.25) is 0 Å². The largest absolute Gasteiger partial charge is 0.495 e. The molecule has 0 radical (unpaired) electrons. The van der Waals surface area contributed by atoms with Crippen molar-refractivity contribution >= 4 is 34.3 Å². The zero-order valence-electron chi connectivity index (χ0n) is 17.7. The summed E-state index contributed by atoms with van der Waals surface area (Å²) in [6, 6.07) is 15.5. The molecule has 0 aliphatic rings. The van der Waals surface area contributed by atoms with Crippen molar-refractivity contribution in [2.45, 2.75) is 0 Å². The lowest BCUT2D eigenvalue weighted by Crippen LogP contribution is -2.20. The second-order valence-electron chi connectivity index (χ2n) is 6.88. The number of fused-ring (bicyclic) bond motifs is 1. The lowest BCUT2D eigenvalue weighted by atomic mass is 10.1. The van der Waals surface area contributed by atoms with Gasteiger partial charge in [-0.3, -0.25) is 14.2 Å². The van der Waals surface area contributed by atoms with Gasteiger partial charge >= 0.3 is 0 Å². The Morgan fingerprint density at radius 2 is 2.03 bits per heavy atom. The third kappa shape index (κ3) is 4.29. The highest BCUT2D eigenvalue weighted by Crippen LogP contribution is 2.27. The van der Waals surface area contributed by atoms with Crippen LogP contribution < -0.4 is 20.9 Å². The summed E-state index contributed by atoms with van der Waals surface area (Å²) in [4.78, 5) is 33.7. The van der Waals surface area contributed by atoms with Gasteiger partial charge in [0.25, 0.3) is 5.56 Å². The van der Waals surface area contributed by atoms with Gasteiger partial charge in [-0.15, -0.1) is 6.42 Å². The number of amides is 1. The molecular weight excluding hydrogens is 418 g/mol. The van der Waals surface area contributed by atoms with Crippen molar-refractivity contribution in [3.63, 3.8) is 0 Å². The number of methoxy groups -OCH3 is 1. The number of benzene rings is 2. The first-order valence-corrected chi connectivity index (χ1v) is 9.87. The maximum atomic E-state index is 13.0. The van der Waals surface area contributed by atoms with Crippen LogP contribution in [0.25, 0.3) is 16.7 Å². The first kappa shape index (κ1) is 21.3. The molecular formula is C25H19N5O3. The second kappa shape index (κ2) is 9.08. The fourth-order valence-electron chi connectivity index (χ4n) is 3.32. The van der Waals surface area contributed by atoms with Gasteiger partial charge in [-0.2, -0.15) is 4.98 Å². The summed E-state index contributed by atoms with van der Waals surface area (Å²) < 4.78 is 6.78. The van der Waals surface area contributed by atoms with Crippen LogP contribution >= 0.6 is 0 Å². The van der Waals surface area contributed by atoms with Gasteiger partial charge in [0.1, 0.15) is 5.75 Å². The first-order valence-electron chi connectivity index (χ1n) is 9.87. The SMILES string of the molecule is C#Cc1cc(=O)n(-c2cccc(NC(=O)C=C)c2)c2nc(Nc3ccccc3OC)ncc12. The molecule has 8 nitrogen and oxygen atoms in total. The molecule has 0 unspecified atom stereocenters. The number of para-hydroxylation sites is 2. The van der Waals surface area contributed by atoms with E-state index in [1.165, 1.54) is 16.7 Å². The number of ether oxygens (including phenoxy) is 1. The van der Waals surface area contributed by atoms with E-state index in [1.807, 2.05) is 18.2 Å². The topological polar surface area (TPSA) is 98.1 Å². The Balaban J connectivity index is 1.89. The van der Waals surface area contributed by atoms with Crippen LogP contribution in [0.5, 0.6) is 5.75 Å². The summed E-state index contributed by atoms with van der Waals surface area (Å²) in [7, 11) is 1.57. The van der Waals surface area contributed by atoms with Crippen LogP contribution in [0.3, 0.4) is 0 Å². The van der Waals surface area contributed by atoms with Crippen molar-refractivity contribution < 1.29 is 9.53 Å². The van der Waals surface area contributed by atoms with Gasteiger partial charge < -0.3 is 15.4 Å². The minimum atomic E-state index is -0.371. The normalized spacial score (nSPS) is 10.3. The standard InChI is InChI=1S/C25H19N5O3/c1-4-16-13-23(32)30(18-10-8-9-17(14-18)27-22(31)5-2)24-19(16)15-26-25(29-24)28-20-11-6-7-12-21(20)33-3/h1,5-15H,2H2,3H3,(H,27,31)(H,26,28,29). The quantitative estimate of drug-likeness (QED) is 0.353. The summed E-state index contributed by atoms with van der Waals surface area (Å²) in [5.41, 5.74) is 1.98. The van der Waals surface area contributed by atoms with E-state index in [0.29, 0.717) is 39.4 Å². The summed E-state index contributed by atoms with van der Waals surface area (Å²) in [5, 5.41) is 6.33. The fourth-order valence-corrected chi connectivity index (χ4v) is 3.32. The molecule has 0 aliphatic heterocycles. The van der Waals surface area contributed by atoms with E-state index in [1.54, 1.807) is 43.6 Å². The molecule has 4 aromatic rings. The maximum absolute atomic E-state index is 13.0. The molecule has 1 amide bonds. The first-order chi connectivity index (χ1) is 16.0. The van der Waals surface area contributed by atoms with Crippen molar-refractivity contribution in [1.29, 1.82) is 0 Å². The molecule has 33 heavy (non-hydrogen) atoms. The monoisotopic (exact) mass is 437 g/mol. The molecule has 4 rings (SSSR count). The number of aromatic nitrogens is 3. The molecule has 0 saturated carbocycles. The van der Waals surface area contributed by atoms with E-state index < -0.39 is 0 Å². The number of carbonyl (C=O) groups is 1. The Bertz CT molecular complexity index is 1480. The lowest BCUT2D eigenvalue weighted by Gasteiger charge is -2.14. The van der Waals surface area contributed by atoms with Gasteiger partial charge in [-0.1, -0.05) is 30.7 Å². The Hall–Kier alpha value is -4.90. The van der Waals surface area contributed by atoms with E-state index in [2.05, 4.69) is 33.1 Å². The highest BCUT2D eigenvalue weighted by molar-refractivity contribution is 5.99. The van der Waals surface area contributed by atoms with E-state index in [0.717, 1.165) is 0 Å². The van der Waals surface area contributed by atoms with E-state index in [4.69, 9.17) is 11.2 Å². The van der Waals surface area contributed by atoms with Crippen molar-refractivity contribution in [3.05, 3.63) is 89.4 Å². The van der Waals surface area contributed by atoms with Gasteiger partial charge in [-0.25, -0.2) is 4.98 Å². The number of rotatable bonds is 6. The molecule has 0 saturated heterocycles. The van der Waals surface area contributed by atoms with Crippen molar-refractivity contribution in [2.24, 2.45) is 0 Å². The van der Waals surface area contributed by atoms with Gasteiger partial charge in [0, 0.05) is 23.5 Å². The number of nitrogens with one attached hydrogen (secondary N) is 2. The van der Waals surface area contributed by atoms with E-state index in [9.17, 15) is 9.59 Å². The van der Waals surface area contributed by atoms with Crippen LogP contribution in [0.1, 0.15) is 5.56 Å². The van der Waals surface area contributed by atoms with E-state index in [-0.39, 0.29) is 17.4 Å². The lowest BCUT2D eigenvalue weighted by molar-refractivity contribution is -0.111. The van der Waals surface area contributed by atoms with Gasteiger partial charge in [0.2, 0.25) is 11.9 Å². The zero-order valence-corrected chi connectivity index (χ0v) is 17.7. The number of hydrogen-bond acceptors (Lipinski definition) is 6. The van der Waals surface area contributed by atoms with Gasteiger partial charge in [0.15, 0.2) is 5.65 Å². The smallest absolute Gasteiger partial charge is 0.258 e. The molecule has 2 N–H and O–H groups in total. The van der Waals surface area contributed by atoms with Crippen LogP contribution in [0.15, 0.2) is 78.2 Å². The van der Waals surface area contributed by atoms with E-state index >= 15 is 0 Å². The highest BCUT2D eigenvalue weighted by atomic mass is 16.5. The second-order valence-corrected chi connectivity index (χ2v) is 6.88. The Labute approximate surface area is 189 Å². The number of terminal acetylenes is 1. The van der Waals surface area contributed by atoms with Gasteiger partial charge in [0.05, 0.1) is 23.9 Å². The molecule has 2 aromatic carbocycles. The summed E-state index contributed by atoms with van der Waals surface area (Å²) in [6.45, 7) is 3.45. The third-order valence-corrected chi connectivity index (χ3v) is 4.83. The van der Waals surface area contributed by atoms with Gasteiger partial charge in [-0.05, 0) is 36.4 Å². The average Bonchev–Trinajstić information content (AvgIpc) is 2.83. The minimum absolute atomic E-state index is 0.255. The summed E-state index contributed by atoms with van der Waals surface area (Å²) >= 11 is 0. The summed E-state index contributed by atoms with van der Waals surface area (Å²) in [6.07, 6.45) is 8.35. The number of hydrogen-bond donors (Lipinski definition) is 2. The van der Waals surface area contributed by atoms with Crippen LogP contribution in [-0.4, -0.2) is 27.6 Å². The third-order valence-electron chi connectivity index (χ3n) is 4.83. The molecule has 0 atom stereocenters. The Kier molecular flexibility index (Phi) is 5.87. The average molecular weight is 437 g/mol. The number of anilines is 3. The van der Waals surface area contributed by atoms with Crippen molar-refractivity contribution in [1.82, 2.24) is 14.5 Å². The molecule has 2 aromatic heterocycles. The fraction of sp³-hybridized carbons (Fsp3) is 0.0400. The molecule has 0 bridgehead atoms. The molecule has 0 fully saturated rings. The maximum Gasteiger partial charge on any atom is 0.258 e. The minimum Gasteiger partial charge on any atom is -0.495 e. The number of pyridine rings is 1. The predicted molar refractivity (Wildman–Crippen MR) is 128 cm³/mol. The van der Waals surface area contributed by atoms with Crippen LogP contribution in [0, 0.1) is 12.3 Å². The predicted octanol–water partition coefficient (Wildman–Crippen LogP) is 3.64. The number of carbonyl (C=O) groups excluding carboxylic acids is 1. The highest BCUT2D eigenvalue weighted by Gasteiger charge is 2.14. The van der Waals surface area contributed by atoms with Crippen LogP contribution in [0.4, 0.5) is 17.3 Å². The molecule has 2 heterocycles. The van der Waals surface area contributed by atoms with Crippen molar-refractivity contribution in [3.8, 4) is 23.8 Å². The molecule has 162 valence electrons. The summed E-state index contributed by atoms with van der Waals surface area (Å²) in [5.74, 6) is 3.02. The zero-order chi connectivity index (χ0) is 23.4. The van der Waals surface area contributed by atoms with Crippen LogP contribution in [-0.2, 0) is 4.79 Å². The Morgan fingerprint density at radius 3 is 2.79 bits per heavy atom. The molecule has 0 spiro atoms. The van der Waals surface area contributed by atoms with Crippen molar-refractivity contribution in [2.75, 3.05) is 17.7 Å². The number of nitrogens with zero attached hydrogens (tertiary/aromatic N) is 3.